The molecule has 0 aromatic carbocycles. The largest absolute Gasteiger partial charge is 0.481 e. The van der Waals surface area contributed by atoms with Crippen molar-refractivity contribution in [3.8, 4) is 0 Å². The van der Waals surface area contributed by atoms with Gasteiger partial charge < -0.3 is 20.5 Å². The topological polar surface area (TPSA) is 152 Å². The number of hydrogen-bond donors (Lipinski definition) is 3. The minimum absolute atomic E-state index is 0.00767. The van der Waals surface area contributed by atoms with Crippen molar-refractivity contribution in [1.82, 2.24) is 10.3 Å². The van der Waals surface area contributed by atoms with Gasteiger partial charge in [-0.3, -0.25) is 24.0 Å². The summed E-state index contributed by atoms with van der Waals surface area (Å²) < 4.78 is 6.41. The van der Waals surface area contributed by atoms with Gasteiger partial charge in [-0.2, -0.15) is 0 Å². The summed E-state index contributed by atoms with van der Waals surface area (Å²) in [5.41, 5.74) is -0.684. The zero-order valence-corrected chi connectivity index (χ0v) is 37.2. The number of anilines is 1. The highest BCUT2D eigenvalue weighted by atomic mass is 16.5. The molecule has 0 aliphatic heterocycles. The predicted octanol–water partition coefficient (Wildman–Crippen LogP) is 8.86. The van der Waals surface area contributed by atoms with Gasteiger partial charge in [0, 0.05) is 17.5 Å². The number of ether oxygens (including phenoxy) is 1. The fourth-order valence-electron chi connectivity index (χ4n) is 14.4. The second-order valence-corrected chi connectivity index (χ2v) is 22.3. The Morgan fingerprint density at radius 1 is 0.862 bits per heavy atom. The van der Waals surface area contributed by atoms with E-state index in [0.717, 1.165) is 61.8 Å². The molecule has 5 saturated carbocycles. The Balaban J connectivity index is 1.14. The number of nitrogens with zero attached hydrogens (tertiary/aromatic N) is 1. The van der Waals surface area contributed by atoms with E-state index in [9.17, 15) is 29.1 Å². The zero-order chi connectivity index (χ0) is 42.8. The molecule has 0 spiro atoms. The molecule has 6 aliphatic rings. The number of carboxylic acid groups (broad SMARTS) is 1. The second kappa shape index (κ2) is 13.7. The van der Waals surface area contributed by atoms with Gasteiger partial charge in [-0.1, -0.05) is 68.4 Å². The lowest BCUT2D eigenvalue weighted by molar-refractivity contribution is -0.236. The molecule has 10 atom stereocenters. The number of carboxylic acids is 1. The van der Waals surface area contributed by atoms with Gasteiger partial charge in [-0.15, -0.1) is 0 Å². The molecule has 0 saturated heterocycles. The number of aryl methyl sites for hydroxylation is 1. The van der Waals surface area contributed by atoms with Gasteiger partial charge >= 0.3 is 11.9 Å². The van der Waals surface area contributed by atoms with Crippen LogP contribution >= 0.6 is 0 Å². The SMILES string of the molecule is Cc1cccc(NC(=O)C(C)(C)NC(=O)[C@@]23CC[C@]4(C)[C@H](CC[C@@H]5[C@@]6(C)CC[C@H](OC(=O)[C@H]7C[C@@H](C(=O)O)C7(C)C)C(C)(C)[C@@H]6CC[C@]54C)C2=C(C(C)C)C(=O)C3)n1. The molecular formula is C48H69N3O7. The fourth-order valence-corrected chi connectivity index (χ4v) is 14.4. The third kappa shape index (κ3) is 6.05. The highest BCUT2D eigenvalue weighted by molar-refractivity contribution is 6.08. The Bertz CT molecular complexity index is 1960. The standard InChI is InChI=1S/C48H69N3O7/c1-26(2)36-31(52)25-48(41(57)51-44(8,9)40(56)50-35-15-13-14-27(3)49-35)23-22-46(11)28(37(36)48)16-17-33-45(10)20-19-34(43(6,7)32(45)18-21-47(33,46)12)58-39(55)30-24-29(38(53)54)42(30,4)5/h13-15,26,28-30,32-34H,16-25H2,1-12H3,(H,51,57)(H,53,54)(H,49,50,56)/t28-,29+,30-,32+,33-,34+,45+,46-,47-,48-/m1/s1. The summed E-state index contributed by atoms with van der Waals surface area (Å²) in [6.45, 7) is 25.2. The summed E-state index contributed by atoms with van der Waals surface area (Å²) in [6.07, 6.45) is 7.27. The number of fused-ring (bicyclic) bond motifs is 7. The number of nitrogens with one attached hydrogen (secondary N) is 2. The van der Waals surface area contributed by atoms with E-state index >= 15 is 0 Å². The van der Waals surface area contributed by atoms with Crippen molar-refractivity contribution in [2.75, 3.05) is 5.32 Å². The Labute approximate surface area is 345 Å². The number of aromatic nitrogens is 1. The lowest BCUT2D eigenvalue weighted by Gasteiger charge is -2.72. The van der Waals surface area contributed by atoms with Crippen molar-refractivity contribution in [3.05, 3.63) is 35.0 Å². The molecule has 0 unspecified atom stereocenters. The fraction of sp³-hybridized carbons (Fsp3) is 0.750. The van der Waals surface area contributed by atoms with Crippen LogP contribution < -0.4 is 10.6 Å². The van der Waals surface area contributed by atoms with Crippen LogP contribution in [0.2, 0.25) is 0 Å². The molecule has 10 heteroatoms. The van der Waals surface area contributed by atoms with Crippen LogP contribution in [0.1, 0.15) is 146 Å². The predicted molar refractivity (Wildman–Crippen MR) is 222 cm³/mol. The molecule has 10 nitrogen and oxygen atoms in total. The van der Waals surface area contributed by atoms with Gasteiger partial charge in [0.15, 0.2) is 5.78 Å². The number of amides is 2. The van der Waals surface area contributed by atoms with E-state index in [1.807, 2.05) is 32.9 Å². The van der Waals surface area contributed by atoms with Gasteiger partial charge in [-0.25, -0.2) is 4.98 Å². The Kier molecular flexibility index (Phi) is 10.1. The number of esters is 1. The van der Waals surface area contributed by atoms with Crippen LogP contribution in [-0.2, 0) is 28.7 Å². The van der Waals surface area contributed by atoms with Crippen LogP contribution in [0.15, 0.2) is 29.3 Å². The van der Waals surface area contributed by atoms with Gasteiger partial charge in [0.05, 0.1) is 17.3 Å². The molecule has 1 heterocycles. The molecule has 1 aromatic heterocycles. The minimum atomic E-state index is -1.25. The average molecular weight is 800 g/mol. The molecule has 318 valence electrons. The Morgan fingerprint density at radius 2 is 1.55 bits per heavy atom. The maximum atomic E-state index is 14.9. The number of carbonyl (C=O) groups is 5. The first kappa shape index (κ1) is 42.6. The molecule has 0 bridgehead atoms. The van der Waals surface area contributed by atoms with Gasteiger partial charge in [0.25, 0.3) is 5.91 Å². The number of ketones is 1. The first-order valence-corrected chi connectivity index (χ1v) is 22.1. The molecule has 5 fully saturated rings. The van der Waals surface area contributed by atoms with E-state index in [4.69, 9.17) is 4.74 Å². The van der Waals surface area contributed by atoms with E-state index < -0.39 is 34.2 Å². The van der Waals surface area contributed by atoms with Crippen molar-refractivity contribution >= 4 is 35.4 Å². The third-order valence-corrected chi connectivity index (χ3v) is 18.0. The van der Waals surface area contributed by atoms with Crippen LogP contribution in [0.4, 0.5) is 5.82 Å². The van der Waals surface area contributed by atoms with Gasteiger partial charge in [0.1, 0.15) is 17.5 Å². The highest BCUT2D eigenvalue weighted by Crippen LogP contribution is 2.77. The Morgan fingerprint density at radius 3 is 2.17 bits per heavy atom. The quantitative estimate of drug-likeness (QED) is 0.221. The second-order valence-electron chi connectivity index (χ2n) is 22.3. The van der Waals surface area contributed by atoms with Gasteiger partial charge in [-0.05, 0) is 147 Å². The van der Waals surface area contributed by atoms with E-state index in [1.54, 1.807) is 19.9 Å². The highest BCUT2D eigenvalue weighted by Gasteiger charge is 2.71. The third-order valence-electron chi connectivity index (χ3n) is 18.0. The zero-order valence-electron chi connectivity index (χ0n) is 37.2. The maximum Gasteiger partial charge on any atom is 0.309 e. The van der Waals surface area contributed by atoms with Crippen molar-refractivity contribution in [3.63, 3.8) is 0 Å². The number of allylic oxidation sites excluding steroid dienone is 1. The van der Waals surface area contributed by atoms with Crippen LogP contribution in [0.3, 0.4) is 0 Å². The first-order valence-electron chi connectivity index (χ1n) is 22.1. The van der Waals surface area contributed by atoms with Crippen molar-refractivity contribution in [2.45, 2.75) is 159 Å². The van der Waals surface area contributed by atoms with E-state index in [1.165, 1.54) is 0 Å². The van der Waals surface area contributed by atoms with Crippen molar-refractivity contribution in [2.24, 2.45) is 68.0 Å². The van der Waals surface area contributed by atoms with Crippen molar-refractivity contribution < 1.29 is 33.8 Å². The molecule has 1 aromatic rings. The number of Topliss-reactive ketones (excluding diaryl/α,β-unsaturated/α-hetero) is 1. The van der Waals surface area contributed by atoms with E-state index in [2.05, 4.69) is 64.1 Å². The molecular weight excluding hydrogens is 731 g/mol. The summed E-state index contributed by atoms with van der Waals surface area (Å²) in [7, 11) is 0. The normalized spacial score (nSPS) is 38.7. The number of rotatable bonds is 8. The Hall–Kier alpha value is -3.56. The van der Waals surface area contributed by atoms with E-state index in [0.29, 0.717) is 30.5 Å². The lowest BCUT2D eigenvalue weighted by atomic mass is 9.33. The summed E-state index contributed by atoms with van der Waals surface area (Å²) in [4.78, 5) is 72.6. The summed E-state index contributed by atoms with van der Waals surface area (Å²) in [5.74, 6) is -1.35. The smallest absolute Gasteiger partial charge is 0.309 e. The number of carbonyl (C=O) groups excluding carboxylic acids is 4. The molecule has 3 N–H and O–H groups in total. The molecule has 6 aliphatic carbocycles. The van der Waals surface area contributed by atoms with Crippen LogP contribution in [0, 0.1) is 74.9 Å². The lowest BCUT2D eigenvalue weighted by Crippen LogP contribution is -2.66. The maximum absolute atomic E-state index is 14.9. The molecule has 7 rings (SSSR count). The van der Waals surface area contributed by atoms with E-state index in [-0.39, 0.29) is 69.6 Å². The van der Waals surface area contributed by atoms with Crippen LogP contribution in [-0.4, -0.2) is 51.3 Å². The summed E-state index contributed by atoms with van der Waals surface area (Å²) in [6, 6.07) is 5.42. The molecule has 58 heavy (non-hydrogen) atoms. The number of pyridine rings is 1. The number of aliphatic carboxylic acids is 1. The first-order chi connectivity index (χ1) is 26.8. The van der Waals surface area contributed by atoms with Gasteiger partial charge in [0.2, 0.25) is 5.91 Å². The molecule has 0 radical (unpaired) electrons. The summed E-state index contributed by atoms with van der Waals surface area (Å²) >= 11 is 0. The number of hydrogen-bond acceptors (Lipinski definition) is 7. The average Bonchev–Trinajstić information content (AvgIpc) is 3.42. The minimum Gasteiger partial charge on any atom is -0.481 e. The molecule has 2 amide bonds. The van der Waals surface area contributed by atoms with Crippen LogP contribution in [0.5, 0.6) is 0 Å². The monoisotopic (exact) mass is 800 g/mol. The van der Waals surface area contributed by atoms with Crippen molar-refractivity contribution in [1.29, 1.82) is 0 Å². The van der Waals surface area contributed by atoms with Crippen LogP contribution in [0.25, 0.3) is 0 Å². The summed E-state index contributed by atoms with van der Waals surface area (Å²) in [5, 5.41) is 15.7.